The molecule has 21 heavy (non-hydrogen) atoms. The zero-order chi connectivity index (χ0) is 14.7. The molecule has 2 aromatic heterocycles. The van der Waals surface area contributed by atoms with E-state index < -0.39 is 0 Å². The van der Waals surface area contributed by atoms with Gasteiger partial charge in [-0.1, -0.05) is 6.07 Å². The SMILES string of the molecule is CN(Cc1ccc(N2CCCC2)nc1)Cc1nccn1C. The average molecular weight is 285 g/mol. The zero-order valence-corrected chi connectivity index (χ0v) is 12.9. The van der Waals surface area contributed by atoms with Gasteiger partial charge in [-0.25, -0.2) is 9.97 Å². The van der Waals surface area contributed by atoms with Crippen LogP contribution in [-0.4, -0.2) is 39.6 Å². The van der Waals surface area contributed by atoms with Gasteiger partial charge in [0.2, 0.25) is 0 Å². The minimum absolute atomic E-state index is 0.845. The molecule has 1 fully saturated rings. The Labute approximate surface area is 126 Å². The molecule has 0 spiro atoms. The summed E-state index contributed by atoms with van der Waals surface area (Å²) in [5.74, 6) is 2.20. The third kappa shape index (κ3) is 3.42. The lowest BCUT2D eigenvalue weighted by Gasteiger charge is -2.18. The lowest BCUT2D eigenvalue weighted by molar-refractivity contribution is 0.307. The zero-order valence-electron chi connectivity index (χ0n) is 12.9. The first-order valence-electron chi connectivity index (χ1n) is 7.57. The molecule has 1 aliphatic rings. The number of aryl methyl sites for hydroxylation is 1. The second-order valence-corrected chi connectivity index (χ2v) is 5.85. The van der Waals surface area contributed by atoms with E-state index in [4.69, 9.17) is 0 Å². The fourth-order valence-corrected chi connectivity index (χ4v) is 2.80. The summed E-state index contributed by atoms with van der Waals surface area (Å²) in [5.41, 5.74) is 1.25. The second kappa shape index (κ2) is 6.26. The first-order chi connectivity index (χ1) is 10.2. The van der Waals surface area contributed by atoms with Crippen LogP contribution >= 0.6 is 0 Å². The Kier molecular flexibility index (Phi) is 4.20. The van der Waals surface area contributed by atoms with Crippen LogP contribution in [0.5, 0.6) is 0 Å². The minimum atomic E-state index is 0.845. The average Bonchev–Trinajstić information content (AvgIpc) is 3.12. The molecule has 0 N–H and O–H groups in total. The Morgan fingerprint density at radius 3 is 2.57 bits per heavy atom. The molecule has 1 aliphatic heterocycles. The van der Waals surface area contributed by atoms with Crippen molar-refractivity contribution in [2.75, 3.05) is 25.0 Å². The van der Waals surface area contributed by atoms with Crippen LogP contribution in [0.2, 0.25) is 0 Å². The Morgan fingerprint density at radius 2 is 1.95 bits per heavy atom. The van der Waals surface area contributed by atoms with Gasteiger partial charge in [0.1, 0.15) is 11.6 Å². The molecule has 0 aliphatic carbocycles. The first-order valence-corrected chi connectivity index (χ1v) is 7.57. The molecule has 0 amide bonds. The standard InChI is InChI=1S/C16H23N5/c1-19(13-16-17-7-10-20(16)2)12-14-5-6-15(18-11-14)21-8-3-4-9-21/h5-7,10-11H,3-4,8-9,12-13H2,1-2H3. The van der Waals surface area contributed by atoms with Crippen LogP contribution in [0.15, 0.2) is 30.7 Å². The van der Waals surface area contributed by atoms with Crippen LogP contribution in [0, 0.1) is 0 Å². The molecule has 3 rings (SSSR count). The topological polar surface area (TPSA) is 37.2 Å². The van der Waals surface area contributed by atoms with Gasteiger partial charge in [0, 0.05) is 45.3 Å². The molecule has 5 heteroatoms. The van der Waals surface area contributed by atoms with Gasteiger partial charge in [0.05, 0.1) is 6.54 Å². The molecule has 1 saturated heterocycles. The van der Waals surface area contributed by atoms with E-state index in [0.717, 1.165) is 37.8 Å². The molecule has 3 heterocycles. The van der Waals surface area contributed by atoms with Crippen molar-refractivity contribution in [3.05, 3.63) is 42.1 Å². The molecule has 0 unspecified atom stereocenters. The summed E-state index contributed by atoms with van der Waals surface area (Å²) in [6.07, 6.45) is 8.40. The van der Waals surface area contributed by atoms with E-state index in [1.165, 1.54) is 18.4 Å². The van der Waals surface area contributed by atoms with Gasteiger partial charge in [-0.3, -0.25) is 4.90 Å². The lowest BCUT2D eigenvalue weighted by Crippen LogP contribution is -2.21. The van der Waals surface area contributed by atoms with Crippen molar-refractivity contribution in [1.82, 2.24) is 19.4 Å². The van der Waals surface area contributed by atoms with Crippen molar-refractivity contribution in [2.45, 2.75) is 25.9 Å². The summed E-state index contributed by atoms with van der Waals surface area (Å²) in [6.45, 7) is 4.02. The smallest absolute Gasteiger partial charge is 0.128 e. The number of hydrogen-bond donors (Lipinski definition) is 0. The number of hydrogen-bond acceptors (Lipinski definition) is 4. The number of nitrogens with zero attached hydrogens (tertiary/aromatic N) is 5. The van der Waals surface area contributed by atoms with Gasteiger partial charge in [0.15, 0.2) is 0 Å². The molecule has 0 aromatic carbocycles. The van der Waals surface area contributed by atoms with Gasteiger partial charge in [-0.15, -0.1) is 0 Å². The van der Waals surface area contributed by atoms with Crippen molar-refractivity contribution in [3.63, 3.8) is 0 Å². The monoisotopic (exact) mass is 285 g/mol. The first kappa shape index (κ1) is 14.1. The van der Waals surface area contributed by atoms with E-state index in [2.05, 4.69) is 43.5 Å². The van der Waals surface area contributed by atoms with Crippen molar-refractivity contribution in [1.29, 1.82) is 0 Å². The van der Waals surface area contributed by atoms with Crippen LogP contribution < -0.4 is 4.90 Å². The van der Waals surface area contributed by atoms with Crippen molar-refractivity contribution in [2.24, 2.45) is 7.05 Å². The summed E-state index contributed by atoms with van der Waals surface area (Å²) in [7, 11) is 4.14. The van der Waals surface area contributed by atoms with Gasteiger partial charge >= 0.3 is 0 Å². The fraction of sp³-hybridized carbons (Fsp3) is 0.500. The lowest BCUT2D eigenvalue weighted by atomic mass is 10.2. The summed E-state index contributed by atoms with van der Waals surface area (Å²) in [4.78, 5) is 13.6. The summed E-state index contributed by atoms with van der Waals surface area (Å²) >= 11 is 0. The van der Waals surface area contributed by atoms with Crippen LogP contribution in [-0.2, 0) is 20.1 Å². The molecule has 0 atom stereocenters. The van der Waals surface area contributed by atoms with Gasteiger partial charge in [0.25, 0.3) is 0 Å². The Balaban J connectivity index is 1.58. The van der Waals surface area contributed by atoms with Gasteiger partial charge in [-0.05, 0) is 31.5 Å². The summed E-state index contributed by atoms with van der Waals surface area (Å²) in [5, 5.41) is 0. The third-order valence-electron chi connectivity index (χ3n) is 4.02. The quantitative estimate of drug-likeness (QED) is 0.842. The number of rotatable bonds is 5. The molecule has 5 nitrogen and oxygen atoms in total. The predicted octanol–water partition coefficient (Wildman–Crippen LogP) is 2.05. The van der Waals surface area contributed by atoms with Crippen LogP contribution in [0.4, 0.5) is 5.82 Å². The molecule has 0 bridgehead atoms. The highest BCUT2D eigenvalue weighted by atomic mass is 15.2. The van der Waals surface area contributed by atoms with E-state index in [1.807, 2.05) is 25.6 Å². The predicted molar refractivity (Wildman–Crippen MR) is 84.1 cm³/mol. The highest BCUT2D eigenvalue weighted by Gasteiger charge is 2.13. The molecule has 0 radical (unpaired) electrons. The maximum atomic E-state index is 4.61. The van der Waals surface area contributed by atoms with Gasteiger partial charge < -0.3 is 9.47 Å². The number of aromatic nitrogens is 3. The molecule has 2 aromatic rings. The summed E-state index contributed by atoms with van der Waals surface area (Å²) in [6, 6.07) is 4.34. The largest absolute Gasteiger partial charge is 0.357 e. The maximum Gasteiger partial charge on any atom is 0.128 e. The molecule has 112 valence electrons. The van der Waals surface area contributed by atoms with Crippen molar-refractivity contribution >= 4 is 5.82 Å². The van der Waals surface area contributed by atoms with Crippen LogP contribution in [0.3, 0.4) is 0 Å². The van der Waals surface area contributed by atoms with E-state index in [1.54, 1.807) is 0 Å². The van der Waals surface area contributed by atoms with E-state index in [-0.39, 0.29) is 0 Å². The van der Waals surface area contributed by atoms with Crippen molar-refractivity contribution in [3.8, 4) is 0 Å². The van der Waals surface area contributed by atoms with E-state index in [9.17, 15) is 0 Å². The second-order valence-electron chi connectivity index (χ2n) is 5.85. The number of pyridine rings is 1. The Bertz CT molecular complexity index is 569. The molecule has 0 saturated carbocycles. The number of imidazole rings is 1. The highest BCUT2D eigenvalue weighted by Crippen LogP contribution is 2.18. The van der Waals surface area contributed by atoms with Crippen LogP contribution in [0.25, 0.3) is 0 Å². The Hall–Kier alpha value is -1.88. The van der Waals surface area contributed by atoms with Gasteiger partial charge in [-0.2, -0.15) is 0 Å². The molecular weight excluding hydrogens is 262 g/mol. The van der Waals surface area contributed by atoms with Crippen molar-refractivity contribution < 1.29 is 0 Å². The molecular formula is C16H23N5. The van der Waals surface area contributed by atoms with E-state index >= 15 is 0 Å². The normalized spacial score (nSPS) is 15.1. The summed E-state index contributed by atoms with van der Waals surface area (Å²) < 4.78 is 2.06. The number of anilines is 1. The van der Waals surface area contributed by atoms with E-state index in [0.29, 0.717) is 0 Å². The highest BCUT2D eigenvalue weighted by molar-refractivity contribution is 5.40. The van der Waals surface area contributed by atoms with Crippen LogP contribution in [0.1, 0.15) is 24.2 Å². The minimum Gasteiger partial charge on any atom is -0.357 e. The maximum absolute atomic E-state index is 4.61. The fourth-order valence-electron chi connectivity index (χ4n) is 2.80. The Morgan fingerprint density at radius 1 is 1.14 bits per heavy atom. The third-order valence-corrected chi connectivity index (χ3v) is 4.02.